The first kappa shape index (κ1) is 21.1. The molecule has 2 N–H and O–H groups in total. The standard InChI is InChI=1S/C25H26O5/c1-16(18-9-12-22(27)23(14-18)29-3)25-19(13-21(28-2)15-24(25)30-4)8-5-17-6-10-20(26)11-7-17/h5-16,26-27H,1-4H3. The van der Waals surface area contributed by atoms with Crippen molar-refractivity contribution in [3.63, 3.8) is 0 Å². The summed E-state index contributed by atoms with van der Waals surface area (Å²) in [5.74, 6) is 2.11. The van der Waals surface area contributed by atoms with Gasteiger partial charge in [-0.05, 0) is 47.0 Å². The molecule has 0 aliphatic carbocycles. The molecule has 0 saturated carbocycles. The average Bonchev–Trinajstić information content (AvgIpc) is 2.77. The topological polar surface area (TPSA) is 68.2 Å². The van der Waals surface area contributed by atoms with E-state index in [4.69, 9.17) is 14.2 Å². The van der Waals surface area contributed by atoms with E-state index >= 15 is 0 Å². The van der Waals surface area contributed by atoms with Gasteiger partial charge in [-0.15, -0.1) is 0 Å². The summed E-state index contributed by atoms with van der Waals surface area (Å²) in [5.41, 5.74) is 3.87. The van der Waals surface area contributed by atoms with Gasteiger partial charge in [0.05, 0.1) is 21.3 Å². The van der Waals surface area contributed by atoms with E-state index in [1.165, 1.54) is 7.11 Å². The first-order valence-electron chi connectivity index (χ1n) is 9.56. The third-order valence-electron chi connectivity index (χ3n) is 5.09. The van der Waals surface area contributed by atoms with Gasteiger partial charge in [0.15, 0.2) is 11.5 Å². The Labute approximate surface area is 176 Å². The maximum Gasteiger partial charge on any atom is 0.160 e. The average molecular weight is 406 g/mol. The minimum absolute atomic E-state index is 0.0418. The fourth-order valence-electron chi connectivity index (χ4n) is 3.41. The Hall–Kier alpha value is -3.60. The molecule has 0 aromatic heterocycles. The highest BCUT2D eigenvalue weighted by atomic mass is 16.5. The van der Waals surface area contributed by atoms with Crippen LogP contribution in [0.4, 0.5) is 0 Å². The number of hydrogen-bond donors (Lipinski definition) is 2. The van der Waals surface area contributed by atoms with E-state index in [1.807, 2.05) is 48.6 Å². The summed E-state index contributed by atoms with van der Waals surface area (Å²) in [5, 5.41) is 19.4. The molecular weight excluding hydrogens is 380 g/mol. The molecule has 0 fully saturated rings. The van der Waals surface area contributed by atoms with Crippen molar-refractivity contribution >= 4 is 12.2 Å². The summed E-state index contributed by atoms with van der Waals surface area (Å²) in [4.78, 5) is 0. The van der Waals surface area contributed by atoms with Gasteiger partial charge in [0.1, 0.15) is 17.2 Å². The Morgan fingerprint density at radius 3 is 2.10 bits per heavy atom. The van der Waals surface area contributed by atoms with Gasteiger partial charge in [0, 0.05) is 17.5 Å². The summed E-state index contributed by atoms with van der Waals surface area (Å²) >= 11 is 0. The smallest absolute Gasteiger partial charge is 0.160 e. The van der Waals surface area contributed by atoms with Crippen molar-refractivity contribution < 1.29 is 24.4 Å². The Balaban J connectivity index is 2.10. The van der Waals surface area contributed by atoms with E-state index in [-0.39, 0.29) is 17.4 Å². The quantitative estimate of drug-likeness (QED) is 0.511. The normalized spacial score (nSPS) is 12.0. The molecule has 156 valence electrons. The van der Waals surface area contributed by atoms with E-state index in [0.29, 0.717) is 17.2 Å². The second-order valence-corrected chi connectivity index (χ2v) is 6.91. The van der Waals surface area contributed by atoms with Crippen LogP contribution in [-0.4, -0.2) is 31.5 Å². The molecule has 0 aliphatic heterocycles. The van der Waals surface area contributed by atoms with Crippen molar-refractivity contribution in [2.75, 3.05) is 21.3 Å². The zero-order chi connectivity index (χ0) is 21.7. The van der Waals surface area contributed by atoms with Gasteiger partial charge in [0.25, 0.3) is 0 Å². The Morgan fingerprint density at radius 2 is 1.47 bits per heavy atom. The maximum absolute atomic E-state index is 9.95. The van der Waals surface area contributed by atoms with Crippen molar-refractivity contribution in [3.8, 4) is 28.7 Å². The maximum atomic E-state index is 9.95. The van der Waals surface area contributed by atoms with E-state index in [2.05, 4.69) is 6.92 Å². The zero-order valence-corrected chi connectivity index (χ0v) is 17.5. The highest BCUT2D eigenvalue weighted by Gasteiger charge is 2.20. The van der Waals surface area contributed by atoms with Crippen molar-refractivity contribution in [1.82, 2.24) is 0 Å². The fourth-order valence-corrected chi connectivity index (χ4v) is 3.41. The summed E-state index contributed by atoms with van der Waals surface area (Å²) in [6.45, 7) is 2.08. The molecule has 3 aromatic rings. The predicted octanol–water partition coefficient (Wildman–Crippen LogP) is 5.45. The van der Waals surface area contributed by atoms with E-state index in [0.717, 1.165) is 22.3 Å². The van der Waals surface area contributed by atoms with Crippen LogP contribution < -0.4 is 14.2 Å². The summed E-state index contributed by atoms with van der Waals surface area (Å²) in [6, 6.07) is 16.2. The van der Waals surface area contributed by atoms with Gasteiger partial charge in [-0.3, -0.25) is 0 Å². The van der Waals surface area contributed by atoms with Crippen LogP contribution in [0, 0.1) is 0 Å². The summed E-state index contributed by atoms with van der Waals surface area (Å²) in [7, 11) is 4.79. The summed E-state index contributed by atoms with van der Waals surface area (Å²) in [6.07, 6.45) is 3.97. The minimum atomic E-state index is -0.0418. The molecule has 5 heteroatoms. The Kier molecular flexibility index (Phi) is 6.52. The monoisotopic (exact) mass is 406 g/mol. The molecule has 0 heterocycles. The van der Waals surface area contributed by atoms with E-state index in [1.54, 1.807) is 32.4 Å². The van der Waals surface area contributed by atoms with Crippen LogP contribution in [-0.2, 0) is 0 Å². The van der Waals surface area contributed by atoms with E-state index < -0.39 is 0 Å². The van der Waals surface area contributed by atoms with Crippen LogP contribution >= 0.6 is 0 Å². The largest absolute Gasteiger partial charge is 0.508 e. The number of rotatable bonds is 7. The van der Waals surface area contributed by atoms with Crippen LogP contribution in [0.1, 0.15) is 35.1 Å². The van der Waals surface area contributed by atoms with Gasteiger partial charge < -0.3 is 24.4 Å². The lowest BCUT2D eigenvalue weighted by atomic mass is 9.88. The molecule has 1 unspecified atom stereocenters. The van der Waals surface area contributed by atoms with Gasteiger partial charge in [-0.1, -0.05) is 37.3 Å². The number of aromatic hydroxyl groups is 2. The first-order valence-corrected chi connectivity index (χ1v) is 9.56. The SMILES string of the molecule is COc1cc(C=Cc2ccc(O)cc2)c(C(C)c2ccc(O)c(OC)c2)c(OC)c1. The fraction of sp³-hybridized carbons (Fsp3) is 0.200. The zero-order valence-electron chi connectivity index (χ0n) is 17.5. The summed E-state index contributed by atoms with van der Waals surface area (Å²) < 4.78 is 16.4. The number of phenolic OH excluding ortho intramolecular Hbond substituents is 2. The molecule has 1 atom stereocenters. The number of phenols is 2. The highest BCUT2D eigenvalue weighted by molar-refractivity contribution is 5.74. The molecule has 30 heavy (non-hydrogen) atoms. The second kappa shape index (κ2) is 9.27. The van der Waals surface area contributed by atoms with Crippen LogP contribution in [0.15, 0.2) is 54.6 Å². The van der Waals surface area contributed by atoms with Crippen LogP contribution in [0.5, 0.6) is 28.7 Å². The third-order valence-corrected chi connectivity index (χ3v) is 5.09. The van der Waals surface area contributed by atoms with Gasteiger partial charge >= 0.3 is 0 Å². The van der Waals surface area contributed by atoms with E-state index in [9.17, 15) is 10.2 Å². The lowest BCUT2D eigenvalue weighted by Crippen LogP contribution is -2.04. The minimum Gasteiger partial charge on any atom is -0.508 e. The van der Waals surface area contributed by atoms with Crippen molar-refractivity contribution in [3.05, 3.63) is 76.9 Å². The first-order chi connectivity index (χ1) is 14.5. The van der Waals surface area contributed by atoms with Crippen molar-refractivity contribution in [2.24, 2.45) is 0 Å². The molecule has 0 spiro atoms. The highest BCUT2D eigenvalue weighted by Crippen LogP contribution is 2.40. The molecule has 0 radical (unpaired) electrons. The van der Waals surface area contributed by atoms with Crippen molar-refractivity contribution in [1.29, 1.82) is 0 Å². The Morgan fingerprint density at radius 1 is 0.767 bits per heavy atom. The van der Waals surface area contributed by atoms with Gasteiger partial charge in [-0.25, -0.2) is 0 Å². The molecule has 0 bridgehead atoms. The number of hydrogen-bond acceptors (Lipinski definition) is 5. The number of methoxy groups -OCH3 is 3. The molecule has 5 nitrogen and oxygen atoms in total. The molecule has 0 amide bonds. The number of benzene rings is 3. The van der Waals surface area contributed by atoms with Crippen LogP contribution in [0.3, 0.4) is 0 Å². The Bertz CT molecular complexity index is 1040. The third kappa shape index (κ3) is 4.51. The molecule has 3 aromatic carbocycles. The van der Waals surface area contributed by atoms with Crippen LogP contribution in [0.25, 0.3) is 12.2 Å². The van der Waals surface area contributed by atoms with Gasteiger partial charge in [-0.2, -0.15) is 0 Å². The van der Waals surface area contributed by atoms with Crippen molar-refractivity contribution in [2.45, 2.75) is 12.8 Å². The predicted molar refractivity (Wildman–Crippen MR) is 119 cm³/mol. The molecule has 0 saturated heterocycles. The lowest BCUT2D eigenvalue weighted by Gasteiger charge is -2.21. The number of ether oxygens (including phenoxy) is 3. The molecule has 0 aliphatic rings. The molecular formula is C25H26O5. The lowest BCUT2D eigenvalue weighted by molar-refractivity contribution is 0.372. The second-order valence-electron chi connectivity index (χ2n) is 6.91. The van der Waals surface area contributed by atoms with Gasteiger partial charge in [0.2, 0.25) is 0 Å². The van der Waals surface area contributed by atoms with Crippen LogP contribution in [0.2, 0.25) is 0 Å². The molecule has 3 rings (SSSR count).